The molecule has 1 unspecified atom stereocenters. The van der Waals surface area contributed by atoms with Gasteiger partial charge < -0.3 is 14.8 Å². The molecule has 6 nitrogen and oxygen atoms in total. The Hall–Kier alpha value is -2.08. The van der Waals surface area contributed by atoms with Crippen LogP contribution in [0.4, 0.5) is 0 Å². The number of piperidine rings is 1. The number of likely N-dealkylation sites (tertiary alicyclic amines) is 1. The predicted molar refractivity (Wildman–Crippen MR) is 102 cm³/mol. The van der Waals surface area contributed by atoms with E-state index in [1.807, 2.05) is 21.6 Å². The summed E-state index contributed by atoms with van der Waals surface area (Å²) < 4.78 is 1.90. The zero-order valence-electron chi connectivity index (χ0n) is 15.7. The zero-order valence-corrected chi connectivity index (χ0v) is 15.7. The first kappa shape index (κ1) is 17.3. The number of hydrogen-bond donors (Lipinski definition) is 1. The number of amides is 1. The fraction of sp³-hybridized carbons (Fsp3) is 0.600. The first-order valence-electron chi connectivity index (χ1n) is 9.69. The lowest BCUT2D eigenvalue weighted by atomic mass is 9.93. The molecule has 6 heteroatoms. The van der Waals surface area contributed by atoms with Crippen LogP contribution in [0.3, 0.4) is 0 Å². The van der Waals surface area contributed by atoms with E-state index in [0.29, 0.717) is 12.0 Å². The number of benzene rings is 1. The van der Waals surface area contributed by atoms with Gasteiger partial charge in [0.1, 0.15) is 0 Å². The van der Waals surface area contributed by atoms with Crippen molar-refractivity contribution in [3.8, 4) is 0 Å². The number of carbonyl (C=O) groups is 1. The number of carbonyl (C=O) groups excluding carboxylic acids is 1. The quantitative estimate of drug-likeness (QED) is 0.909. The van der Waals surface area contributed by atoms with E-state index in [1.54, 1.807) is 6.92 Å². The van der Waals surface area contributed by atoms with E-state index in [9.17, 15) is 9.59 Å². The molecule has 4 rings (SSSR count). The van der Waals surface area contributed by atoms with Crippen LogP contribution in [0.1, 0.15) is 31.7 Å². The number of rotatable bonds is 4. The standard InChI is InChI=1S/C20H28N4O2/c1-14(25)23-9-4-5-15(12-23)8-10-22(2)17-11-16-6-3-7-18-19(16)24(13-17)20(26)21-18/h3,6-7,15,17H,4-5,8-13H2,1-2H3,(H,21,26)/t15?,17-/m1/s1. The SMILES string of the molecule is CC(=O)N1CCCC(CCN(C)[C@@H]2Cc3cccc4[nH]c(=O)n(c34)C2)C1. The van der Waals surface area contributed by atoms with Crippen molar-refractivity contribution in [3.05, 3.63) is 34.2 Å². The molecule has 2 aromatic rings. The van der Waals surface area contributed by atoms with Gasteiger partial charge >= 0.3 is 5.69 Å². The maximum atomic E-state index is 12.3. The van der Waals surface area contributed by atoms with Crippen LogP contribution in [-0.4, -0.2) is 58.0 Å². The highest BCUT2D eigenvalue weighted by molar-refractivity contribution is 5.79. The predicted octanol–water partition coefficient (Wildman–Crippen LogP) is 1.83. The van der Waals surface area contributed by atoms with Crippen LogP contribution >= 0.6 is 0 Å². The Morgan fingerprint density at radius 3 is 3.00 bits per heavy atom. The molecule has 0 aliphatic carbocycles. The highest BCUT2D eigenvalue weighted by Crippen LogP contribution is 2.25. The maximum Gasteiger partial charge on any atom is 0.326 e. The van der Waals surface area contributed by atoms with Crippen LogP contribution in [0.2, 0.25) is 0 Å². The van der Waals surface area contributed by atoms with Crippen molar-refractivity contribution in [1.29, 1.82) is 0 Å². The molecule has 2 aliphatic rings. The third-order valence-corrected chi connectivity index (χ3v) is 6.20. The van der Waals surface area contributed by atoms with Gasteiger partial charge in [0.05, 0.1) is 11.0 Å². The van der Waals surface area contributed by atoms with Gasteiger partial charge in [-0.25, -0.2) is 4.79 Å². The van der Waals surface area contributed by atoms with Crippen LogP contribution in [0, 0.1) is 5.92 Å². The fourth-order valence-electron chi connectivity index (χ4n) is 4.61. The summed E-state index contributed by atoms with van der Waals surface area (Å²) >= 11 is 0. The molecular weight excluding hydrogens is 328 g/mol. The number of nitrogens with zero attached hydrogens (tertiary/aromatic N) is 3. The lowest BCUT2D eigenvalue weighted by molar-refractivity contribution is -0.130. The van der Waals surface area contributed by atoms with Crippen molar-refractivity contribution in [2.45, 2.75) is 45.2 Å². The van der Waals surface area contributed by atoms with Crippen LogP contribution < -0.4 is 5.69 Å². The van der Waals surface area contributed by atoms with E-state index in [4.69, 9.17) is 0 Å². The average molecular weight is 356 g/mol. The van der Waals surface area contributed by atoms with Crippen molar-refractivity contribution in [1.82, 2.24) is 19.4 Å². The molecule has 3 heterocycles. The number of likely N-dealkylation sites (N-methyl/N-ethyl adjacent to an activating group) is 1. The minimum absolute atomic E-state index is 0.00469. The molecule has 0 saturated carbocycles. The van der Waals surface area contributed by atoms with E-state index in [2.05, 4.69) is 23.0 Å². The monoisotopic (exact) mass is 356 g/mol. The summed E-state index contributed by atoms with van der Waals surface area (Å²) in [5.41, 5.74) is 3.27. The molecule has 0 radical (unpaired) electrons. The summed E-state index contributed by atoms with van der Waals surface area (Å²) in [4.78, 5) is 31.3. The first-order valence-corrected chi connectivity index (χ1v) is 9.69. The van der Waals surface area contributed by atoms with E-state index < -0.39 is 0 Å². The average Bonchev–Trinajstić information content (AvgIpc) is 2.97. The molecule has 2 aliphatic heterocycles. The molecule has 1 N–H and O–H groups in total. The van der Waals surface area contributed by atoms with Gasteiger partial charge in [0.15, 0.2) is 0 Å². The van der Waals surface area contributed by atoms with E-state index >= 15 is 0 Å². The molecule has 1 amide bonds. The largest absolute Gasteiger partial charge is 0.343 e. The minimum atomic E-state index is -0.00469. The van der Waals surface area contributed by atoms with Gasteiger partial charge in [-0.3, -0.25) is 9.36 Å². The second-order valence-corrected chi connectivity index (χ2v) is 7.95. The lowest BCUT2D eigenvalue weighted by Gasteiger charge is -2.35. The number of imidazole rings is 1. The number of aromatic nitrogens is 2. The fourth-order valence-corrected chi connectivity index (χ4v) is 4.61. The molecule has 26 heavy (non-hydrogen) atoms. The second kappa shape index (κ2) is 6.91. The van der Waals surface area contributed by atoms with Crippen LogP contribution in [0.25, 0.3) is 11.0 Å². The molecule has 1 saturated heterocycles. The summed E-state index contributed by atoms with van der Waals surface area (Å²) in [5, 5.41) is 0. The number of hydrogen-bond acceptors (Lipinski definition) is 3. The van der Waals surface area contributed by atoms with E-state index in [-0.39, 0.29) is 11.6 Å². The third kappa shape index (κ3) is 3.18. The summed E-state index contributed by atoms with van der Waals surface area (Å²) in [6.07, 6.45) is 4.41. The topological polar surface area (TPSA) is 61.3 Å². The van der Waals surface area contributed by atoms with Gasteiger partial charge in [-0.15, -0.1) is 0 Å². The normalized spacial score (nSPS) is 23.0. The van der Waals surface area contributed by atoms with Gasteiger partial charge in [0.25, 0.3) is 0 Å². The minimum Gasteiger partial charge on any atom is -0.343 e. The Kier molecular flexibility index (Phi) is 4.61. The number of aromatic amines is 1. The van der Waals surface area contributed by atoms with E-state index in [1.165, 1.54) is 12.0 Å². The summed E-state index contributed by atoms with van der Waals surface area (Å²) in [6, 6.07) is 6.48. The maximum absolute atomic E-state index is 12.3. The summed E-state index contributed by atoms with van der Waals surface area (Å²) in [7, 11) is 2.17. The summed E-state index contributed by atoms with van der Waals surface area (Å²) in [6.45, 7) is 5.23. The van der Waals surface area contributed by atoms with Gasteiger partial charge in [0, 0.05) is 32.6 Å². The van der Waals surface area contributed by atoms with Crippen LogP contribution in [0.5, 0.6) is 0 Å². The molecule has 1 aromatic heterocycles. The smallest absolute Gasteiger partial charge is 0.326 e. The zero-order chi connectivity index (χ0) is 18.3. The van der Waals surface area contributed by atoms with Gasteiger partial charge in [-0.05, 0) is 56.8 Å². The van der Waals surface area contributed by atoms with E-state index in [0.717, 1.165) is 56.5 Å². The Balaban J connectivity index is 1.40. The van der Waals surface area contributed by atoms with Crippen LogP contribution in [0.15, 0.2) is 23.0 Å². The lowest BCUT2D eigenvalue weighted by Crippen LogP contribution is -2.43. The Labute approximate surface area is 153 Å². The molecule has 140 valence electrons. The number of nitrogens with one attached hydrogen (secondary N) is 1. The van der Waals surface area contributed by atoms with Gasteiger partial charge in [-0.1, -0.05) is 12.1 Å². The highest BCUT2D eigenvalue weighted by Gasteiger charge is 2.27. The molecule has 1 aromatic carbocycles. The van der Waals surface area contributed by atoms with Crippen molar-refractivity contribution >= 4 is 16.9 Å². The molecule has 2 atom stereocenters. The van der Waals surface area contributed by atoms with Crippen molar-refractivity contribution in [3.63, 3.8) is 0 Å². The number of para-hydroxylation sites is 1. The molecule has 0 bridgehead atoms. The molecular formula is C20H28N4O2. The third-order valence-electron chi connectivity index (χ3n) is 6.20. The molecule has 1 fully saturated rings. The highest BCUT2D eigenvalue weighted by atomic mass is 16.2. The molecule has 0 spiro atoms. The first-order chi connectivity index (χ1) is 12.5. The van der Waals surface area contributed by atoms with Crippen molar-refractivity contribution < 1.29 is 4.79 Å². The van der Waals surface area contributed by atoms with Gasteiger partial charge in [-0.2, -0.15) is 0 Å². The Bertz CT molecular complexity index is 868. The van der Waals surface area contributed by atoms with Crippen molar-refractivity contribution in [2.24, 2.45) is 5.92 Å². The Morgan fingerprint density at radius 1 is 1.35 bits per heavy atom. The van der Waals surface area contributed by atoms with Crippen molar-refractivity contribution in [2.75, 3.05) is 26.7 Å². The van der Waals surface area contributed by atoms with Crippen LogP contribution in [-0.2, 0) is 17.8 Å². The number of H-pyrrole nitrogens is 1. The van der Waals surface area contributed by atoms with Gasteiger partial charge in [0.2, 0.25) is 5.91 Å². The Morgan fingerprint density at radius 2 is 2.19 bits per heavy atom. The summed E-state index contributed by atoms with van der Waals surface area (Å²) in [5.74, 6) is 0.787. The second-order valence-electron chi connectivity index (χ2n) is 7.95.